The van der Waals surface area contributed by atoms with Crippen LogP contribution in [0.2, 0.25) is 0 Å². The third-order valence-electron chi connectivity index (χ3n) is 2.33. The number of hydrogen-bond acceptors (Lipinski definition) is 3. The predicted molar refractivity (Wildman–Crippen MR) is 57.2 cm³/mol. The lowest BCUT2D eigenvalue weighted by atomic mass is 10.1. The van der Waals surface area contributed by atoms with Crippen LogP contribution in [0.15, 0.2) is 33.5 Å². The molecule has 1 aromatic carbocycles. The Morgan fingerprint density at radius 3 is 2.60 bits per heavy atom. The van der Waals surface area contributed by atoms with Crippen molar-refractivity contribution >= 4 is 16.8 Å². The number of Topliss-reactive ketones (excluding diaryl/α,β-unsaturated/α-hetero) is 1. The van der Waals surface area contributed by atoms with E-state index in [1.165, 1.54) is 6.92 Å². The van der Waals surface area contributed by atoms with Gasteiger partial charge < -0.3 is 4.42 Å². The highest BCUT2D eigenvalue weighted by molar-refractivity contribution is 5.97. The lowest BCUT2D eigenvalue weighted by molar-refractivity contribution is 0.101. The monoisotopic (exact) mass is 202 g/mol. The zero-order chi connectivity index (χ0) is 11.0. The minimum atomic E-state index is -0.257. The number of para-hydroxylation sites is 1. The minimum Gasteiger partial charge on any atom is -0.460 e. The summed E-state index contributed by atoms with van der Waals surface area (Å²) in [6.07, 6.45) is 0. The first-order chi connectivity index (χ1) is 7.11. The largest absolute Gasteiger partial charge is 0.460 e. The average molecular weight is 202 g/mol. The Balaban J connectivity index is 2.97. The summed E-state index contributed by atoms with van der Waals surface area (Å²) >= 11 is 0. The number of aryl methyl sites for hydroxylation is 1. The molecule has 0 saturated heterocycles. The number of carbonyl (C=O) groups is 1. The van der Waals surface area contributed by atoms with Crippen LogP contribution in [0.5, 0.6) is 0 Å². The number of ketones is 1. The molecule has 0 N–H and O–H groups in total. The van der Waals surface area contributed by atoms with Crippen molar-refractivity contribution in [3.05, 3.63) is 45.8 Å². The highest BCUT2D eigenvalue weighted by Gasteiger charge is 2.14. The van der Waals surface area contributed by atoms with Crippen LogP contribution < -0.4 is 5.43 Å². The van der Waals surface area contributed by atoms with E-state index in [0.29, 0.717) is 16.7 Å². The van der Waals surface area contributed by atoms with Crippen LogP contribution in [0.25, 0.3) is 11.0 Å². The maximum absolute atomic E-state index is 11.9. The molecule has 1 heterocycles. The van der Waals surface area contributed by atoms with E-state index in [1.807, 2.05) is 0 Å². The zero-order valence-electron chi connectivity index (χ0n) is 8.53. The molecule has 0 aliphatic heterocycles. The van der Waals surface area contributed by atoms with E-state index in [4.69, 9.17) is 4.42 Å². The van der Waals surface area contributed by atoms with Gasteiger partial charge in [0.15, 0.2) is 5.78 Å². The summed E-state index contributed by atoms with van der Waals surface area (Å²) < 4.78 is 5.41. The minimum absolute atomic E-state index is 0.147. The van der Waals surface area contributed by atoms with Gasteiger partial charge in [0.25, 0.3) is 0 Å². The molecule has 0 bridgehead atoms. The van der Waals surface area contributed by atoms with E-state index in [2.05, 4.69) is 0 Å². The molecule has 0 aliphatic rings. The summed E-state index contributed by atoms with van der Waals surface area (Å²) in [5.74, 6) is 0.123. The van der Waals surface area contributed by atoms with Crippen molar-refractivity contribution in [1.82, 2.24) is 0 Å². The van der Waals surface area contributed by atoms with Gasteiger partial charge in [-0.2, -0.15) is 0 Å². The van der Waals surface area contributed by atoms with Crippen molar-refractivity contribution < 1.29 is 9.21 Å². The van der Waals surface area contributed by atoms with Gasteiger partial charge in [0, 0.05) is 0 Å². The van der Waals surface area contributed by atoms with Crippen molar-refractivity contribution in [2.24, 2.45) is 0 Å². The maximum Gasteiger partial charge on any atom is 0.203 e. The van der Waals surface area contributed by atoms with Crippen LogP contribution in [-0.2, 0) is 0 Å². The third-order valence-corrected chi connectivity index (χ3v) is 2.33. The molecule has 0 spiro atoms. The fraction of sp³-hybridized carbons (Fsp3) is 0.167. The molecule has 76 valence electrons. The van der Waals surface area contributed by atoms with E-state index < -0.39 is 0 Å². The summed E-state index contributed by atoms with van der Waals surface area (Å²) in [5.41, 5.74) is 0.417. The van der Waals surface area contributed by atoms with Gasteiger partial charge in [-0.1, -0.05) is 12.1 Å². The number of rotatable bonds is 1. The smallest absolute Gasteiger partial charge is 0.203 e. The molecule has 0 fully saturated rings. The number of hydrogen-bond donors (Lipinski definition) is 0. The van der Waals surface area contributed by atoms with Crippen molar-refractivity contribution in [2.45, 2.75) is 13.8 Å². The molecule has 0 radical (unpaired) electrons. The number of fused-ring (bicyclic) bond motifs is 1. The van der Waals surface area contributed by atoms with E-state index in [-0.39, 0.29) is 16.8 Å². The van der Waals surface area contributed by atoms with E-state index in [1.54, 1.807) is 31.2 Å². The first-order valence-corrected chi connectivity index (χ1v) is 4.64. The van der Waals surface area contributed by atoms with Crippen LogP contribution in [-0.4, -0.2) is 5.78 Å². The molecule has 0 unspecified atom stereocenters. The Morgan fingerprint density at radius 1 is 1.27 bits per heavy atom. The summed E-state index contributed by atoms with van der Waals surface area (Å²) in [7, 11) is 0. The third kappa shape index (κ3) is 1.46. The topological polar surface area (TPSA) is 47.3 Å². The van der Waals surface area contributed by atoms with Gasteiger partial charge in [0.05, 0.1) is 5.39 Å². The van der Waals surface area contributed by atoms with E-state index in [9.17, 15) is 9.59 Å². The molecule has 0 amide bonds. The molecule has 0 aliphatic carbocycles. The van der Waals surface area contributed by atoms with Crippen molar-refractivity contribution in [3.63, 3.8) is 0 Å². The van der Waals surface area contributed by atoms with Gasteiger partial charge in [-0.15, -0.1) is 0 Å². The Kier molecular flexibility index (Phi) is 2.15. The van der Waals surface area contributed by atoms with Crippen LogP contribution >= 0.6 is 0 Å². The molecule has 3 nitrogen and oxygen atoms in total. The van der Waals surface area contributed by atoms with Gasteiger partial charge in [-0.05, 0) is 26.0 Å². The molecule has 3 heteroatoms. The summed E-state index contributed by atoms with van der Waals surface area (Å²) in [5, 5.41) is 0.452. The van der Waals surface area contributed by atoms with Gasteiger partial charge >= 0.3 is 0 Å². The molecule has 2 aromatic rings. The van der Waals surface area contributed by atoms with E-state index in [0.717, 1.165) is 0 Å². The van der Waals surface area contributed by atoms with Gasteiger partial charge in [0.2, 0.25) is 5.43 Å². The van der Waals surface area contributed by atoms with E-state index >= 15 is 0 Å². The molecular weight excluding hydrogens is 192 g/mol. The van der Waals surface area contributed by atoms with Gasteiger partial charge in [-0.3, -0.25) is 9.59 Å². The number of carbonyl (C=O) groups excluding carboxylic acids is 1. The zero-order valence-corrected chi connectivity index (χ0v) is 8.53. The van der Waals surface area contributed by atoms with Gasteiger partial charge in [0.1, 0.15) is 16.9 Å². The average Bonchev–Trinajstić information content (AvgIpc) is 2.17. The second-order valence-electron chi connectivity index (χ2n) is 3.41. The highest BCUT2D eigenvalue weighted by atomic mass is 16.3. The van der Waals surface area contributed by atoms with Gasteiger partial charge in [-0.25, -0.2) is 0 Å². The predicted octanol–water partition coefficient (Wildman–Crippen LogP) is 2.30. The lowest BCUT2D eigenvalue weighted by Gasteiger charge is -2.02. The second-order valence-corrected chi connectivity index (χ2v) is 3.41. The maximum atomic E-state index is 11.9. The first kappa shape index (κ1) is 9.65. The number of benzene rings is 1. The fourth-order valence-corrected chi connectivity index (χ4v) is 1.66. The van der Waals surface area contributed by atoms with Crippen LogP contribution in [0.4, 0.5) is 0 Å². The highest BCUT2D eigenvalue weighted by Crippen LogP contribution is 2.14. The molecule has 2 rings (SSSR count). The van der Waals surface area contributed by atoms with Crippen LogP contribution in [0.3, 0.4) is 0 Å². The summed E-state index contributed by atoms with van der Waals surface area (Å²) in [4.78, 5) is 23.2. The normalized spacial score (nSPS) is 10.5. The lowest BCUT2D eigenvalue weighted by Crippen LogP contribution is -2.14. The standard InChI is InChI=1S/C12H10O3/c1-7(13)11-8(2)15-10-6-4-3-5-9(10)12(11)14/h3-6H,1-2H3. The summed E-state index contributed by atoms with van der Waals surface area (Å²) in [6, 6.07) is 6.91. The Labute approximate surface area is 86.3 Å². The molecule has 15 heavy (non-hydrogen) atoms. The van der Waals surface area contributed by atoms with Crippen molar-refractivity contribution in [1.29, 1.82) is 0 Å². The van der Waals surface area contributed by atoms with Crippen molar-refractivity contribution in [3.8, 4) is 0 Å². The van der Waals surface area contributed by atoms with Crippen LogP contribution in [0.1, 0.15) is 23.0 Å². The SMILES string of the molecule is CC(=O)c1c(C)oc2ccccc2c1=O. The Hall–Kier alpha value is -1.90. The molecule has 1 aromatic heterocycles. The molecular formula is C12H10O3. The molecule has 0 atom stereocenters. The fourth-order valence-electron chi connectivity index (χ4n) is 1.66. The summed E-state index contributed by atoms with van der Waals surface area (Å²) in [6.45, 7) is 3.00. The first-order valence-electron chi connectivity index (χ1n) is 4.64. The Morgan fingerprint density at radius 2 is 1.93 bits per heavy atom. The molecule has 0 saturated carbocycles. The van der Waals surface area contributed by atoms with Crippen molar-refractivity contribution in [2.75, 3.05) is 0 Å². The Bertz CT molecular complexity index is 593. The van der Waals surface area contributed by atoms with Crippen LogP contribution in [0, 0.1) is 6.92 Å². The quantitative estimate of drug-likeness (QED) is 0.666. The second kappa shape index (κ2) is 3.35.